The number of rotatable bonds is 5. The summed E-state index contributed by atoms with van der Waals surface area (Å²) in [6.45, 7) is 3.71. The van der Waals surface area contributed by atoms with Crippen LogP contribution in [0, 0.1) is 0 Å². The van der Waals surface area contributed by atoms with Crippen LogP contribution in [0.1, 0.15) is 28.5 Å². The van der Waals surface area contributed by atoms with Crippen LogP contribution in [-0.4, -0.2) is 13.3 Å². The summed E-state index contributed by atoms with van der Waals surface area (Å²) in [5.41, 5.74) is 3.53. The zero-order valence-corrected chi connectivity index (χ0v) is 16.8. The van der Waals surface area contributed by atoms with Gasteiger partial charge < -0.3 is 4.90 Å². The second kappa shape index (κ2) is 7.33. The number of sulfone groups is 1. The highest BCUT2D eigenvalue weighted by atomic mass is 32.2. The Bertz CT molecular complexity index is 1060. The van der Waals surface area contributed by atoms with Gasteiger partial charge in [-0.05, 0) is 64.9 Å². The molecule has 1 aromatic heterocycles. The first kappa shape index (κ1) is 18.0. The van der Waals surface area contributed by atoms with E-state index in [0.29, 0.717) is 9.79 Å². The Hall–Kier alpha value is -2.37. The maximum absolute atomic E-state index is 12.8. The minimum absolute atomic E-state index is 0.338. The number of nitrogens with zero attached hydrogens (tertiary/aromatic N) is 1. The Labute approximate surface area is 164 Å². The number of fused-ring (bicyclic) bond motifs is 1. The lowest BCUT2D eigenvalue weighted by atomic mass is 10.1. The van der Waals surface area contributed by atoms with E-state index < -0.39 is 9.84 Å². The molecule has 0 aliphatic carbocycles. The SMILES string of the molecule is CCc1ccc(S(=O)(=O)c2ccc(CN3C=Cc4ccsc4C3)cc2)cc1. The van der Waals surface area contributed by atoms with Crippen molar-refractivity contribution in [2.45, 2.75) is 36.2 Å². The zero-order chi connectivity index (χ0) is 18.9. The van der Waals surface area contributed by atoms with Gasteiger partial charge in [0, 0.05) is 17.6 Å². The highest BCUT2D eigenvalue weighted by Crippen LogP contribution is 2.26. The van der Waals surface area contributed by atoms with Gasteiger partial charge in [0.1, 0.15) is 0 Å². The summed E-state index contributed by atoms with van der Waals surface area (Å²) in [7, 11) is -3.47. The third-order valence-corrected chi connectivity index (χ3v) is 7.56. The smallest absolute Gasteiger partial charge is 0.206 e. The van der Waals surface area contributed by atoms with Crippen molar-refractivity contribution in [3.05, 3.63) is 87.7 Å². The minimum atomic E-state index is -3.47. The second-order valence-electron chi connectivity index (χ2n) is 6.66. The van der Waals surface area contributed by atoms with E-state index in [0.717, 1.165) is 30.6 Å². The van der Waals surface area contributed by atoms with Gasteiger partial charge in [-0.25, -0.2) is 8.42 Å². The first-order valence-corrected chi connectivity index (χ1v) is 11.3. The summed E-state index contributed by atoms with van der Waals surface area (Å²) in [6.07, 6.45) is 5.13. The Kier molecular flexibility index (Phi) is 4.89. The lowest BCUT2D eigenvalue weighted by Gasteiger charge is -2.23. The summed E-state index contributed by atoms with van der Waals surface area (Å²) in [5, 5.41) is 2.12. The van der Waals surface area contributed by atoms with Gasteiger partial charge in [0.15, 0.2) is 0 Å². The molecule has 0 bridgehead atoms. The van der Waals surface area contributed by atoms with Crippen LogP contribution in [-0.2, 0) is 29.3 Å². The number of hydrogen-bond donors (Lipinski definition) is 0. The molecule has 0 N–H and O–H groups in total. The average Bonchev–Trinajstić information content (AvgIpc) is 3.16. The van der Waals surface area contributed by atoms with Gasteiger partial charge in [-0.2, -0.15) is 0 Å². The van der Waals surface area contributed by atoms with Crippen molar-refractivity contribution in [2.24, 2.45) is 0 Å². The molecule has 0 fully saturated rings. The van der Waals surface area contributed by atoms with E-state index in [9.17, 15) is 8.42 Å². The molecular weight excluding hydrogens is 374 g/mol. The van der Waals surface area contributed by atoms with E-state index in [1.54, 1.807) is 35.6 Å². The molecule has 4 rings (SSSR count). The Morgan fingerprint density at radius 3 is 2.19 bits per heavy atom. The van der Waals surface area contributed by atoms with E-state index in [-0.39, 0.29) is 0 Å². The highest BCUT2D eigenvalue weighted by Gasteiger charge is 2.18. The van der Waals surface area contributed by atoms with Crippen LogP contribution in [0.25, 0.3) is 6.08 Å². The lowest BCUT2D eigenvalue weighted by Crippen LogP contribution is -2.18. The van der Waals surface area contributed by atoms with Gasteiger partial charge in [0.2, 0.25) is 9.84 Å². The Morgan fingerprint density at radius 2 is 1.56 bits per heavy atom. The molecule has 0 unspecified atom stereocenters. The molecular formula is C22H21NO2S2. The van der Waals surface area contributed by atoms with E-state index >= 15 is 0 Å². The van der Waals surface area contributed by atoms with Crippen LogP contribution in [0.15, 0.2) is 76.0 Å². The standard InChI is InChI=1S/C22H21NO2S2/c1-2-17-3-7-20(8-4-17)27(24,25)21-9-5-18(6-10-21)15-23-13-11-19-12-14-26-22(19)16-23/h3-14H,2,15-16H2,1H3. The molecule has 3 nitrogen and oxygen atoms in total. The minimum Gasteiger partial charge on any atom is -0.368 e. The quantitative estimate of drug-likeness (QED) is 0.601. The normalized spacial score (nSPS) is 13.6. The summed E-state index contributed by atoms with van der Waals surface area (Å²) >= 11 is 1.77. The van der Waals surface area contributed by atoms with Crippen LogP contribution in [0.2, 0.25) is 0 Å². The largest absolute Gasteiger partial charge is 0.368 e. The maximum Gasteiger partial charge on any atom is 0.206 e. The van der Waals surface area contributed by atoms with E-state index in [4.69, 9.17) is 0 Å². The fourth-order valence-electron chi connectivity index (χ4n) is 3.21. The fraction of sp³-hybridized carbons (Fsp3) is 0.182. The van der Waals surface area contributed by atoms with Crippen molar-refractivity contribution < 1.29 is 8.42 Å². The van der Waals surface area contributed by atoms with E-state index in [2.05, 4.69) is 35.5 Å². The second-order valence-corrected chi connectivity index (χ2v) is 9.62. The van der Waals surface area contributed by atoms with Crippen LogP contribution in [0.3, 0.4) is 0 Å². The topological polar surface area (TPSA) is 37.4 Å². The third kappa shape index (κ3) is 3.70. The average molecular weight is 396 g/mol. The van der Waals surface area contributed by atoms with Gasteiger partial charge in [-0.1, -0.05) is 31.2 Å². The monoisotopic (exact) mass is 395 g/mol. The van der Waals surface area contributed by atoms with Crippen molar-refractivity contribution in [3.63, 3.8) is 0 Å². The Balaban J connectivity index is 1.50. The van der Waals surface area contributed by atoms with Crippen LogP contribution in [0.4, 0.5) is 0 Å². The predicted molar refractivity (Wildman–Crippen MR) is 110 cm³/mol. The highest BCUT2D eigenvalue weighted by molar-refractivity contribution is 7.91. The molecule has 1 aliphatic rings. The molecule has 5 heteroatoms. The van der Waals surface area contributed by atoms with Crippen molar-refractivity contribution in [1.82, 2.24) is 4.90 Å². The molecule has 1 aliphatic heterocycles. The summed E-state index contributed by atoms with van der Waals surface area (Å²) in [6, 6.07) is 16.5. The van der Waals surface area contributed by atoms with Crippen LogP contribution in [0.5, 0.6) is 0 Å². The summed E-state index contributed by atoms with van der Waals surface area (Å²) in [4.78, 5) is 4.29. The zero-order valence-electron chi connectivity index (χ0n) is 15.1. The fourth-order valence-corrected chi connectivity index (χ4v) is 5.36. The molecule has 2 aromatic carbocycles. The number of hydrogen-bond acceptors (Lipinski definition) is 4. The molecule has 27 heavy (non-hydrogen) atoms. The van der Waals surface area contributed by atoms with Gasteiger partial charge in [-0.3, -0.25) is 0 Å². The molecule has 0 saturated heterocycles. The molecule has 0 spiro atoms. The van der Waals surface area contributed by atoms with Crippen LogP contribution >= 0.6 is 11.3 Å². The molecule has 0 saturated carbocycles. The number of aryl methyl sites for hydroxylation is 1. The molecule has 138 valence electrons. The van der Waals surface area contributed by atoms with Crippen molar-refractivity contribution >= 4 is 27.3 Å². The Morgan fingerprint density at radius 1 is 0.926 bits per heavy atom. The molecule has 0 atom stereocenters. The van der Waals surface area contributed by atoms with E-state index in [1.807, 2.05) is 24.3 Å². The third-order valence-electron chi connectivity index (χ3n) is 4.85. The summed E-state index contributed by atoms with van der Waals surface area (Å²) in [5.74, 6) is 0. The van der Waals surface area contributed by atoms with Crippen LogP contribution < -0.4 is 0 Å². The van der Waals surface area contributed by atoms with Crippen molar-refractivity contribution in [2.75, 3.05) is 0 Å². The predicted octanol–water partition coefficient (Wildman–Crippen LogP) is 5.13. The maximum atomic E-state index is 12.8. The van der Waals surface area contributed by atoms with Gasteiger partial charge in [0.25, 0.3) is 0 Å². The van der Waals surface area contributed by atoms with Gasteiger partial charge >= 0.3 is 0 Å². The lowest BCUT2D eigenvalue weighted by molar-refractivity contribution is 0.363. The molecule has 0 amide bonds. The molecule has 0 radical (unpaired) electrons. The van der Waals surface area contributed by atoms with Gasteiger partial charge in [0.05, 0.1) is 16.3 Å². The molecule has 2 heterocycles. The number of thiophene rings is 1. The van der Waals surface area contributed by atoms with Crippen molar-refractivity contribution in [1.29, 1.82) is 0 Å². The molecule has 3 aromatic rings. The first-order chi connectivity index (χ1) is 13.1. The number of benzene rings is 2. The van der Waals surface area contributed by atoms with Crippen molar-refractivity contribution in [3.8, 4) is 0 Å². The first-order valence-electron chi connectivity index (χ1n) is 8.98. The van der Waals surface area contributed by atoms with E-state index in [1.165, 1.54) is 10.4 Å². The summed E-state index contributed by atoms with van der Waals surface area (Å²) < 4.78 is 25.6. The van der Waals surface area contributed by atoms with Gasteiger partial charge in [-0.15, -0.1) is 11.3 Å².